The minimum atomic E-state index is -1.01. The topological polar surface area (TPSA) is 66.4 Å². The standard InChI is InChI=1S/C15H19NO3/c1-10-5-6-11(7-8-13(17)18)9-12(10)14(19)16-15(2,3)4/h5-9H,1-4H3,(H,16,19)(H,17,18). The summed E-state index contributed by atoms with van der Waals surface area (Å²) in [6.07, 6.45) is 2.52. The molecule has 0 aromatic heterocycles. The second-order valence-corrected chi connectivity index (χ2v) is 5.45. The largest absolute Gasteiger partial charge is 0.478 e. The van der Waals surface area contributed by atoms with Gasteiger partial charge in [0.25, 0.3) is 5.91 Å². The maximum Gasteiger partial charge on any atom is 0.328 e. The van der Waals surface area contributed by atoms with E-state index < -0.39 is 5.97 Å². The molecule has 1 amide bonds. The number of carbonyl (C=O) groups excluding carboxylic acids is 1. The van der Waals surface area contributed by atoms with E-state index >= 15 is 0 Å². The zero-order valence-electron chi connectivity index (χ0n) is 11.7. The number of hydrogen-bond donors (Lipinski definition) is 2. The van der Waals surface area contributed by atoms with Gasteiger partial charge in [0.05, 0.1) is 0 Å². The molecule has 0 bridgehead atoms. The lowest BCUT2D eigenvalue weighted by Gasteiger charge is -2.21. The molecule has 0 aliphatic carbocycles. The van der Waals surface area contributed by atoms with Gasteiger partial charge in [0.1, 0.15) is 0 Å². The highest BCUT2D eigenvalue weighted by Gasteiger charge is 2.16. The zero-order chi connectivity index (χ0) is 14.6. The predicted octanol–water partition coefficient (Wildman–Crippen LogP) is 2.62. The average Bonchev–Trinajstić information content (AvgIpc) is 2.25. The number of rotatable bonds is 3. The van der Waals surface area contributed by atoms with E-state index in [2.05, 4.69) is 5.32 Å². The molecule has 4 nitrogen and oxygen atoms in total. The second-order valence-electron chi connectivity index (χ2n) is 5.45. The van der Waals surface area contributed by atoms with Crippen LogP contribution in [0.2, 0.25) is 0 Å². The van der Waals surface area contributed by atoms with Crippen molar-refractivity contribution in [2.75, 3.05) is 0 Å². The number of amides is 1. The van der Waals surface area contributed by atoms with Crippen LogP contribution in [0.15, 0.2) is 24.3 Å². The van der Waals surface area contributed by atoms with E-state index in [1.807, 2.05) is 27.7 Å². The van der Waals surface area contributed by atoms with Gasteiger partial charge in [0, 0.05) is 17.2 Å². The van der Waals surface area contributed by atoms with Crippen molar-refractivity contribution in [1.82, 2.24) is 5.32 Å². The molecule has 0 unspecified atom stereocenters. The molecular formula is C15H19NO3. The van der Waals surface area contributed by atoms with Crippen molar-refractivity contribution in [3.8, 4) is 0 Å². The fourth-order valence-electron chi connectivity index (χ4n) is 1.56. The third-order valence-corrected chi connectivity index (χ3v) is 2.41. The lowest BCUT2D eigenvalue weighted by molar-refractivity contribution is -0.131. The quantitative estimate of drug-likeness (QED) is 0.822. The Morgan fingerprint density at radius 1 is 1.26 bits per heavy atom. The van der Waals surface area contributed by atoms with Crippen molar-refractivity contribution in [2.24, 2.45) is 0 Å². The minimum Gasteiger partial charge on any atom is -0.478 e. The van der Waals surface area contributed by atoms with E-state index in [-0.39, 0.29) is 11.4 Å². The van der Waals surface area contributed by atoms with Crippen molar-refractivity contribution in [2.45, 2.75) is 33.2 Å². The van der Waals surface area contributed by atoms with Gasteiger partial charge in [0.2, 0.25) is 0 Å². The van der Waals surface area contributed by atoms with E-state index in [4.69, 9.17) is 5.11 Å². The van der Waals surface area contributed by atoms with E-state index in [0.29, 0.717) is 11.1 Å². The third kappa shape index (κ3) is 4.95. The number of carbonyl (C=O) groups is 2. The average molecular weight is 261 g/mol. The fourth-order valence-corrected chi connectivity index (χ4v) is 1.56. The summed E-state index contributed by atoms with van der Waals surface area (Å²) in [6, 6.07) is 5.28. The molecule has 19 heavy (non-hydrogen) atoms. The van der Waals surface area contributed by atoms with Crippen molar-refractivity contribution in [1.29, 1.82) is 0 Å². The Morgan fingerprint density at radius 2 is 1.89 bits per heavy atom. The molecule has 0 radical (unpaired) electrons. The van der Waals surface area contributed by atoms with Crippen molar-refractivity contribution >= 4 is 18.0 Å². The van der Waals surface area contributed by atoms with Crippen LogP contribution in [-0.4, -0.2) is 22.5 Å². The maximum absolute atomic E-state index is 12.1. The molecular weight excluding hydrogens is 242 g/mol. The summed E-state index contributed by atoms with van der Waals surface area (Å²) in [4.78, 5) is 22.6. The van der Waals surface area contributed by atoms with E-state index in [0.717, 1.165) is 11.6 Å². The SMILES string of the molecule is Cc1ccc(C=CC(=O)O)cc1C(=O)NC(C)(C)C. The number of carboxylic acid groups (broad SMARTS) is 1. The molecule has 102 valence electrons. The Labute approximate surface area is 113 Å². The van der Waals surface area contributed by atoms with Crippen molar-refractivity contribution in [3.05, 3.63) is 41.0 Å². The molecule has 4 heteroatoms. The van der Waals surface area contributed by atoms with Crippen LogP contribution in [0.3, 0.4) is 0 Å². The van der Waals surface area contributed by atoms with Gasteiger partial charge >= 0.3 is 5.97 Å². The van der Waals surface area contributed by atoms with Gasteiger partial charge in [-0.1, -0.05) is 12.1 Å². The number of aliphatic carboxylic acids is 1. The highest BCUT2D eigenvalue weighted by molar-refractivity contribution is 5.97. The van der Waals surface area contributed by atoms with Crippen LogP contribution in [0, 0.1) is 6.92 Å². The molecule has 0 saturated heterocycles. The maximum atomic E-state index is 12.1. The van der Waals surface area contributed by atoms with Gasteiger partial charge in [-0.25, -0.2) is 4.79 Å². The Balaban J connectivity index is 3.04. The molecule has 1 aromatic carbocycles. The molecule has 0 aliphatic rings. The van der Waals surface area contributed by atoms with Crippen LogP contribution in [-0.2, 0) is 4.79 Å². The summed E-state index contributed by atoms with van der Waals surface area (Å²) < 4.78 is 0. The number of hydrogen-bond acceptors (Lipinski definition) is 2. The normalized spacial score (nSPS) is 11.6. The molecule has 1 aromatic rings. The van der Waals surface area contributed by atoms with E-state index in [1.54, 1.807) is 18.2 Å². The summed E-state index contributed by atoms with van der Waals surface area (Å²) >= 11 is 0. The highest BCUT2D eigenvalue weighted by atomic mass is 16.4. The fraction of sp³-hybridized carbons (Fsp3) is 0.333. The summed E-state index contributed by atoms with van der Waals surface area (Å²) in [7, 11) is 0. The molecule has 0 atom stereocenters. The molecule has 2 N–H and O–H groups in total. The van der Waals surface area contributed by atoms with Crippen LogP contribution in [0.25, 0.3) is 6.08 Å². The van der Waals surface area contributed by atoms with Gasteiger partial charge in [-0.05, 0) is 51.0 Å². The summed E-state index contributed by atoms with van der Waals surface area (Å²) in [5.74, 6) is -1.17. The van der Waals surface area contributed by atoms with Gasteiger partial charge in [0.15, 0.2) is 0 Å². The summed E-state index contributed by atoms with van der Waals surface area (Å²) in [5, 5.41) is 11.5. The number of carboxylic acids is 1. The van der Waals surface area contributed by atoms with Crippen molar-refractivity contribution < 1.29 is 14.7 Å². The van der Waals surface area contributed by atoms with Crippen LogP contribution < -0.4 is 5.32 Å². The van der Waals surface area contributed by atoms with Crippen LogP contribution in [0.1, 0.15) is 42.3 Å². The monoisotopic (exact) mass is 261 g/mol. The van der Waals surface area contributed by atoms with Gasteiger partial charge in [-0.3, -0.25) is 4.79 Å². The first-order chi connectivity index (χ1) is 8.69. The first-order valence-electron chi connectivity index (χ1n) is 6.03. The molecule has 0 spiro atoms. The molecule has 1 rings (SSSR count). The molecule has 0 fully saturated rings. The Hall–Kier alpha value is -2.10. The molecule has 0 aliphatic heterocycles. The van der Waals surface area contributed by atoms with Gasteiger partial charge < -0.3 is 10.4 Å². The highest BCUT2D eigenvalue weighted by Crippen LogP contribution is 2.14. The summed E-state index contributed by atoms with van der Waals surface area (Å²) in [6.45, 7) is 7.58. The second kappa shape index (κ2) is 5.69. The Kier molecular flexibility index (Phi) is 4.48. The lowest BCUT2D eigenvalue weighted by atomic mass is 10.0. The van der Waals surface area contributed by atoms with Crippen molar-refractivity contribution in [3.63, 3.8) is 0 Å². The lowest BCUT2D eigenvalue weighted by Crippen LogP contribution is -2.40. The first-order valence-corrected chi connectivity index (χ1v) is 6.03. The number of benzene rings is 1. The minimum absolute atomic E-state index is 0.157. The zero-order valence-corrected chi connectivity index (χ0v) is 11.7. The Morgan fingerprint density at radius 3 is 2.42 bits per heavy atom. The molecule has 0 saturated carbocycles. The van der Waals surface area contributed by atoms with E-state index in [9.17, 15) is 9.59 Å². The van der Waals surface area contributed by atoms with Crippen LogP contribution in [0.4, 0.5) is 0 Å². The van der Waals surface area contributed by atoms with Crippen LogP contribution >= 0.6 is 0 Å². The molecule has 0 heterocycles. The van der Waals surface area contributed by atoms with Gasteiger partial charge in [-0.15, -0.1) is 0 Å². The number of aryl methyl sites for hydroxylation is 1. The van der Waals surface area contributed by atoms with Gasteiger partial charge in [-0.2, -0.15) is 0 Å². The summed E-state index contributed by atoms with van der Waals surface area (Å²) in [5.41, 5.74) is 1.79. The predicted molar refractivity (Wildman–Crippen MR) is 75.1 cm³/mol. The smallest absolute Gasteiger partial charge is 0.328 e. The Bertz CT molecular complexity index is 525. The third-order valence-electron chi connectivity index (χ3n) is 2.41. The number of nitrogens with one attached hydrogen (secondary N) is 1. The van der Waals surface area contributed by atoms with Crippen LogP contribution in [0.5, 0.6) is 0 Å². The first kappa shape index (κ1) is 15.0. The van der Waals surface area contributed by atoms with E-state index in [1.165, 1.54) is 6.08 Å².